The lowest BCUT2D eigenvalue weighted by atomic mass is 10.2. The van der Waals surface area contributed by atoms with Gasteiger partial charge in [0.25, 0.3) is 0 Å². The fraction of sp³-hybridized carbons (Fsp3) is 0.875. The minimum Gasteiger partial charge on any atom is -0.342 e. The van der Waals surface area contributed by atoms with Crippen molar-refractivity contribution < 1.29 is 0 Å². The van der Waals surface area contributed by atoms with Gasteiger partial charge >= 0.3 is 0 Å². The van der Waals surface area contributed by atoms with Crippen LogP contribution in [-0.4, -0.2) is 31.0 Å². The smallest absolute Gasteiger partial charge is 0.208 e. The molecule has 72 valence electrons. The quantitative estimate of drug-likeness (QED) is 0.283. The van der Waals surface area contributed by atoms with Crippen molar-refractivity contribution in [2.24, 2.45) is 10.8 Å². The van der Waals surface area contributed by atoms with Crippen molar-refractivity contribution in [3.63, 3.8) is 0 Å². The summed E-state index contributed by atoms with van der Waals surface area (Å²) in [5.41, 5.74) is 2.57. The Morgan fingerprint density at radius 1 is 1.67 bits per heavy atom. The molecule has 1 unspecified atom stereocenters. The number of hydrogen-bond donors (Lipinski definition) is 2. The van der Waals surface area contributed by atoms with Crippen LogP contribution in [0.25, 0.3) is 0 Å². The van der Waals surface area contributed by atoms with Gasteiger partial charge in [-0.25, -0.2) is 5.84 Å². The summed E-state index contributed by atoms with van der Waals surface area (Å²) in [6.07, 6.45) is 2.32. The average molecular weight is 172 g/mol. The molecule has 0 saturated heterocycles. The summed E-state index contributed by atoms with van der Waals surface area (Å²) in [6, 6.07) is 0.477. The molecule has 0 bridgehead atoms. The van der Waals surface area contributed by atoms with E-state index in [0.717, 1.165) is 12.4 Å². The van der Waals surface area contributed by atoms with E-state index in [2.05, 4.69) is 24.3 Å². The molecule has 0 saturated carbocycles. The van der Waals surface area contributed by atoms with Gasteiger partial charge in [-0.1, -0.05) is 13.3 Å². The predicted octanol–water partition coefficient (Wildman–Crippen LogP) is 0.556. The molecule has 0 amide bonds. The van der Waals surface area contributed by atoms with Crippen molar-refractivity contribution in [1.82, 2.24) is 10.3 Å². The van der Waals surface area contributed by atoms with Gasteiger partial charge in [0.2, 0.25) is 5.96 Å². The van der Waals surface area contributed by atoms with Crippen molar-refractivity contribution in [3.05, 3.63) is 0 Å². The van der Waals surface area contributed by atoms with Crippen molar-refractivity contribution in [3.8, 4) is 0 Å². The van der Waals surface area contributed by atoms with E-state index in [1.807, 2.05) is 11.9 Å². The monoisotopic (exact) mass is 172 g/mol. The summed E-state index contributed by atoms with van der Waals surface area (Å²) in [4.78, 5) is 6.06. The maximum Gasteiger partial charge on any atom is 0.208 e. The SMILES string of the molecule is CCCC(C)N(C)C(=NC)NN. The van der Waals surface area contributed by atoms with Gasteiger partial charge in [0.05, 0.1) is 0 Å². The van der Waals surface area contributed by atoms with Crippen molar-refractivity contribution in [2.45, 2.75) is 32.7 Å². The summed E-state index contributed by atoms with van der Waals surface area (Å²) in [5, 5.41) is 0. The molecular weight excluding hydrogens is 152 g/mol. The van der Waals surface area contributed by atoms with Gasteiger partial charge in [-0.15, -0.1) is 0 Å². The summed E-state index contributed by atoms with van der Waals surface area (Å²) < 4.78 is 0. The van der Waals surface area contributed by atoms with E-state index in [9.17, 15) is 0 Å². The molecule has 0 aromatic carbocycles. The maximum absolute atomic E-state index is 5.30. The van der Waals surface area contributed by atoms with E-state index in [1.165, 1.54) is 6.42 Å². The van der Waals surface area contributed by atoms with Crippen LogP contribution in [-0.2, 0) is 0 Å². The molecule has 0 radical (unpaired) electrons. The highest BCUT2D eigenvalue weighted by Gasteiger charge is 2.10. The first-order valence-electron chi connectivity index (χ1n) is 4.33. The number of guanidine groups is 1. The number of aliphatic imine (C=N–C) groups is 1. The molecule has 0 aromatic heterocycles. The standard InChI is InChI=1S/C8H20N4/c1-5-6-7(2)12(4)8(10-3)11-9/h7H,5-6,9H2,1-4H3,(H,10,11). The van der Waals surface area contributed by atoms with E-state index in [0.29, 0.717) is 6.04 Å². The zero-order valence-corrected chi connectivity index (χ0v) is 8.46. The number of rotatable bonds is 3. The lowest BCUT2D eigenvalue weighted by Gasteiger charge is -2.26. The first-order valence-corrected chi connectivity index (χ1v) is 4.33. The normalized spacial score (nSPS) is 14.2. The van der Waals surface area contributed by atoms with Crippen LogP contribution in [0.15, 0.2) is 4.99 Å². The molecule has 4 nitrogen and oxygen atoms in total. The number of nitrogens with zero attached hydrogens (tertiary/aromatic N) is 2. The van der Waals surface area contributed by atoms with Crippen LogP contribution in [0.2, 0.25) is 0 Å². The third-order valence-electron chi connectivity index (χ3n) is 2.04. The third kappa shape index (κ3) is 3.09. The van der Waals surface area contributed by atoms with Crippen molar-refractivity contribution >= 4 is 5.96 Å². The zero-order valence-electron chi connectivity index (χ0n) is 8.46. The minimum atomic E-state index is 0.477. The van der Waals surface area contributed by atoms with Gasteiger partial charge in [0.1, 0.15) is 0 Å². The van der Waals surface area contributed by atoms with Crippen LogP contribution in [0, 0.1) is 0 Å². The Labute approximate surface area is 74.8 Å². The van der Waals surface area contributed by atoms with Crippen molar-refractivity contribution in [1.29, 1.82) is 0 Å². The molecule has 0 spiro atoms. The van der Waals surface area contributed by atoms with Gasteiger partial charge in [-0.05, 0) is 13.3 Å². The average Bonchev–Trinajstić information content (AvgIpc) is 2.07. The minimum absolute atomic E-state index is 0.477. The van der Waals surface area contributed by atoms with Crippen LogP contribution < -0.4 is 11.3 Å². The molecule has 0 rings (SSSR count). The number of nitrogens with one attached hydrogen (secondary N) is 1. The van der Waals surface area contributed by atoms with Gasteiger partial charge < -0.3 is 4.90 Å². The molecule has 4 heteroatoms. The molecule has 0 aromatic rings. The summed E-state index contributed by atoms with van der Waals surface area (Å²) in [6.45, 7) is 4.33. The topological polar surface area (TPSA) is 53.6 Å². The lowest BCUT2D eigenvalue weighted by Crippen LogP contribution is -2.46. The first-order chi connectivity index (χ1) is 5.67. The van der Waals surface area contributed by atoms with Crippen LogP contribution in [0.3, 0.4) is 0 Å². The Balaban J connectivity index is 4.06. The first kappa shape index (κ1) is 11.2. The predicted molar refractivity (Wildman–Crippen MR) is 52.8 cm³/mol. The highest BCUT2D eigenvalue weighted by Crippen LogP contribution is 2.03. The summed E-state index contributed by atoms with van der Waals surface area (Å²) >= 11 is 0. The van der Waals surface area contributed by atoms with E-state index in [4.69, 9.17) is 5.84 Å². The van der Waals surface area contributed by atoms with E-state index < -0.39 is 0 Å². The molecule has 12 heavy (non-hydrogen) atoms. The molecule has 0 aliphatic carbocycles. The number of nitrogens with two attached hydrogens (primary N) is 1. The number of hydrogen-bond acceptors (Lipinski definition) is 2. The second-order valence-corrected chi connectivity index (χ2v) is 2.94. The van der Waals surface area contributed by atoms with Crippen LogP contribution >= 0.6 is 0 Å². The lowest BCUT2D eigenvalue weighted by molar-refractivity contribution is 0.355. The van der Waals surface area contributed by atoms with Crippen LogP contribution in [0.1, 0.15) is 26.7 Å². The van der Waals surface area contributed by atoms with Crippen molar-refractivity contribution in [2.75, 3.05) is 14.1 Å². The molecule has 0 aliphatic rings. The Morgan fingerprint density at radius 3 is 2.58 bits per heavy atom. The Morgan fingerprint density at radius 2 is 2.25 bits per heavy atom. The highest BCUT2D eigenvalue weighted by molar-refractivity contribution is 5.79. The molecule has 1 atom stereocenters. The summed E-state index contributed by atoms with van der Waals surface area (Å²) in [5.74, 6) is 6.03. The van der Waals surface area contributed by atoms with E-state index >= 15 is 0 Å². The fourth-order valence-electron chi connectivity index (χ4n) is 1.14. The van der Waals surface area contributed by atoms with E-state index in [-0.39, 0.29) is 0 Å². The number of hydrazine groups is 1. The molecule has 0 aliphatic heterocycles. The maximum atomic E-state index is 5.30. The van der Waals surface area contributed by atoms with Gasteiger partial charge in [-0.2, -0.15) is 0 Å². The molecule has 0 heterocycles. The van der Waals surface area contributed by atoms with Crippen LogP contribution in [0.5, 0.6) is 0 Å². The highest BCUT2D eigenvalue weighted by atomic mass is 15.4. The second kappa shape index (κ2) is 5.83. The molecular formula is C8H20N4. The summed E-state index contributed by atoms with van der Waals surface area (Å²) in [7, 11) is 3.72. The zero-order chi connectivity index (χ0) is 9.56. The Bertz CT molecular complexity index is 144. The Kier molecular flexibility index (Phi) is 5.45. The molecule has 0 fully saturated rings. The third-order valence-corrected chi connectivity index (χ3v) is 2.04. The molecule has 3 N–H and O–H groups in total. The van der Waals surface area contributed by atoms with Gasteiger partial charge in [0.15, 0.2) is 0 Å². The Hall–Kier alpha value is -0.770. The second-order valence-electron chi connectivity index (χ2n) is 2.94. The largest absolute Gasteiger partial charge is 0.342 e. The van der Waals surface area contributed by atoms with Gasteiger partial charge in [0, 0.05) is 20.1 Å². The van der Waals surface area contributed by atoms with Gasteiger partial charge in [-0.3, -0.25) is 10.4 Å². The fourth-order valence-corrected chi connectivity index (χ4v) is 1.14. The van der Waals surface area contributed by atoms with E-state index in [1.54, 1.807) is 7.05 Å². The van der Waals surface area contributed by atoms with Crippen LogP contribution in [0.4, 0.5) is 0 Å².